The minimum absolute atomic E-state index is 0.0603. The van der Waals surface area contributed by atoms with E-state index in [9.17, 15) is 4.79 Å². The van der Waals surface area contributed by atoms with Gasteiger partial charge in [-0.25, -0.2) is 0 Å². The van der Waals surface area contributed by atoms with Crippen molar-refractivity contribution in [2.24, 2.45) is 5.73 Å². The number of carbonyl (C=O) groups excluding carboxylic acids is 1. The van der Waals surface area contributed by atoms with Gasteiger partial charge in [-0.15, -0.1) is 0 Å². The fourth-order valence-corrected chi connectivity index (χ4v) is 1.78. The zero-order chi connectivity index (χ0) is 13.2. The van der Waals surface area contributed by atoms with Gasteiger partial charge in [-0.1, -0.05) is 43.7 Å². The molecule has 0 saturated heterocycles. The zero-order valence-electron chi connectivity index (χ0n) is 10.9. The van der Waals surface area contributed by atoms with E-state index in [4.69, 9.17) is 10.5 Å². The summed E-state index contributed by atoms with van der Waals surface area (Å²) in [6.45, 7) is 3.03. The Labute approximate surface area is 109 Å². The molecule has 0 aromatic heterocycles. The highest BCUT2D eigenvalue weighted by Gasteiger charge is 2.13. The molecule has 1 atom stereocenters. The van der Waals surface area contributed by atoms with E-state index >= 15 is 0 Å². The first-order valence-corrected chi connectivity index (χ1v) is 6.40. The number of hydrogen-bond acceptors (Lipinski definition) is 3. The summed E-state index contributed by atoms with van der Waals surface area (Å²) in [7, 11) is 0. The molecule has 100 valence electrons. The third-order valence-corrected chi connectivity index (χ3v) is 2.61. The second-order valence-corrected chi connectivity index (χ2v) is 4.16. The van der Waals surface area contributed by atoms with E-state index in [0.29, 0.717) is 13.2 Å². The van der Waals surface area contributed by atoms with Crippen LogP contribution in [-0.4, -0.2) is 25.7 Å². The Morgan fingerprint density at radius 2 is 2.11 bits per heavy atom. The number of amides is 1. The van der Waals surface area contributed by atoms with Crippen LogP contribution in [0.4, 0.5) is 0 Å². The zero-order valence-corrected chi connectivity index (χ0v) is 10.9. The summed E-state index contributed by atoms with van der Waals surface area (Å²) in [6.07, 6.45) is 1.94. The maximum atomic E-state index is 11.7. The van der Waals surface area contributed by atoms with Gasteiger partial charge in [-0.3, -0.25) is 4.79 Å². The topological polar surface area (TPSA) is 64.3 Å². The second kappa shape index (κ2) is 8.66. The summed E-state index contributed by atoms with van der Waals surface area (Å²) in [4.78, 5) is 11.7. The first-order valence-electron chi connectivity index (χ1n) is 6.40. The van der Waals surface area contributed by atoms with Crippen molar-refractivity contribution in [3.8, 4) is 0 Å². The Hall–Kier alpha value is -1.39. The lowest BCUT2D eigenvalue weighted by molar-refractivity contribution is -0.126. The van der Waals surface area contributed by atoms with E-state index in [-0.39, 0.29) is 18.6 Å². The van der Waals surface area contributed by atoms with Gasteiger partial charge in [-0.05, 0) is 12.0 Å². The third-order valence-electron chi connectivity index (χ3n) is 2.61. The van der Waals surface area contributed by atoms with Crippen molar-refractivity contribution in [1.29, 1.82) is 0 Å². The van der Waals surface area contributed by atoms with Gasteiger partial charge in [0.15, 0.2) is 0 Å². The van der Waals surface area contributed by atoms with Gasteiger partial charge in [-0.2, -0.15) is 0 Å². The van der Waals surface area contributed by atoms with Crippen LogP contribution < -0.4 is 11.1 Å². The molecule has 1 unspecified atom stereocenters. The first-order chi connectivity index (χ1) is 8.77. The molecule has 1 rings (SSSR count). The number of carbonyl (C=O) groups is 1. The average molecular weight is 250 g/mol. The highest BCUT2D eigenvalue weighted by molar-refractivity contribution is 5.77. The van der Waals surface area contributed by atoms with Crippen molar-refractivity contribution in [1.82, 2.24) is 5.32 Å². The summed E-state index contributed by atoms with van der Waals surface area (Å²) in [6, 6.07) is 10.1. The molecule has 0 aliphatic carbocycles. The third kappa shape index (κ3) is 5.29. The van der Waals surface area contributed by atoms with Gasteiger partial charge in [0.25, 0.3) is 0 Å². The molecule has 0 spiro atoms. The minimum atomic E-state index is -0.0919. The summed E-state index contributed by atoms with van der Waals surface area (Å²) in [5.74, 6) is -0.0919. The Morgan fingerprint density at radius 1 is 1.39 bits per heavy atom. The highest BCUT2D eigenvalue weighted by atomic mass is 16.5. The van der Waals surface area contributed by atoms with E-state index < -0.39 is 0 Å². The second-order valence-electron chi connectivity index (χ2n) is 4.16. The summed E-state index contributed by atoms with van der Waals surface area (Å²) in [5, 5.41) is 2.99. The fourth-order valence-electron chi connectivity index (χ4n) is 1.78. The van der Waals surface area contributed by atoms with Crippen LogP contribution in [0, 0.1) is 0 Å². The molecule has 0 saturated carbocycles. The molecule has 18 heavy (non-hydrogen) atoms. The van der Waals surface area contributed by atoms with Gasteiger partial charge >= 0.3 is 0 Å². The molecule has 4 nitrogen and oxygen atoms in total. The maximum Gasteiger partial charge on any atom is 0.246 e. The Balaban J connectivity index is 2.50. The lowest BCUT2D eigenvalue weighted by Crippen LogP contribution is -2.32. The van der Waals surface area contributed by atoms with Crippen molar-refractivity contribution in [2.75, 3.05) is 19.8 Å². The van der Waals surface area contributed by atoms with Crippen LogP contribution in [0.2, 0.25) is 0 Å². The van der Waals surface area contributed by atoms with E-state index in [2.05, 4.69) is 12.2 Å². The Bertz CT molecular complexity index is 341. The lowest BCUT2D eigenvalue weighted by Gasteiger charge is -2.18. The molecule has 0 radical (unpaired) electrons. The molecule has 0 aliphatic rings. The SMILES string of the molecule is CCCC(NC(=O)COCCN)c1ccccc1. The van der Waals surface area contributed by atoms with Crippen molar-refractivity contribution >= 4 is 5.91 Å². The van der Waals surface area contributed by atoms with Crippen LogP contribution in [0.5, 0.6) is 0 Å². The van der Waals surface area contributed by atoms with E-state index in [1.54, 1.807) is 0 Å². The molecule has 0 aliphatic heterocycles. The molecule has 1 amide bonds. The van der Waals surface area contributed by atoms with E-state index in [1.807, 2.05) is 30.3 Å². The van der Waals surface area contributed by atoms with Crippen molar-refractivity contribution in [3.05, 3.63) is 35.9 Å². The fraction of sp³-hybridized carbons (Fsp3) is 0.500. The molecular formula is C14H22N2O2. The van der Waals surface area contributed by atoms with Crippen LogP contribution in [0.15, 0.2) is 30.3 Å². The quantitative estimate of drug-likeness (QED) is 0.689. The number of hydrogen-bond donors (Lipinski definition) is 2. The van der Waals surface area contributed by atoms with Gasteiger partial charge < -0.3 is 15.8 Å². The molecule has 0 fully saturated rings. The smallest absolute Gasteiger partial charge is 0.246 e. The summed E-state index contributed by atoms with van der Waals surface area (Å²) >= 11 is 0. The molecular weight excluding hydrogens is 228 g/mol. The van der Waals surface area contributed by atoms with E-state index in [1.165, 1.54) is 0 Å². The van der Waals surface area contributed by atoms with Gasteiger partial charge in [0.05, 0.1) is 12.6 Å². The van der Waals surface area contributed by atoms with Gasteiger partial charge in [0.2, 0.25) is 5.91 Å². The van der Waals surface area contributed by atoms with Crippen LogP contribution in [0.1, 0.15) is 31.4 Å². The predicted octanol–water partition coefficient (Wildman–Crippen LogP) is 1.62. The number of ether oxygens (including phenoxy) is 1. The lowest BCUT2D eigenvalue weighted by atomic mass is 10.0. The monoisotopic (exact) mass is 250 g/mol. The molecule has 3 N–H and O–H groups in total. The first kappa shape index (κ1) is 14.7. The van der Waals surface area contributed by atoms with Crippen LogP contribution >= 0.6 is 0 Å². The molecule has 4 heteroatoms. The van der Waals surface area contributed by atoms with Crippen molar-refractivity contribution in [3.63, 3.8) is 0 Å². The highest BCUT2D eigenvalue weighted by Crippen LogP contribution is 2.17. The van der Waals surface area contributed by atoms with E-state index in [0.717, 1.165) is 18.4 Å². The normalized spacial score (nSPS) is 12.1. The minimum Gasteiger partial charge on any atom is -0.370 e. The Morgan fingerprint density at radius 3 is 2.72 bits per heavy atom. The molecule has 1 aromatic rings. The Kier molecular flexibility index (Phi) is 7.06. The molecule has 1 aromatic carbocycles. The summed E-state index contributed by atoms with van der Waals surface area (Å²) < 4.78 is 5.12. The number of nitrogens with one attached hydrogen (secondary N) is 1. The largest absolute Gasteiger partial charge is 0.370 e. The average Bonchev–Trinajstić information content (AvgIpc) is 2.39. The maximum absolute atomic E-state index is 11.7. The molecule has 0 bridgehead atoms. The van der Waals surface area contributed by atoms with Crippen LogP contribution in [-0.2, 0) is 9.53 Å². The summed E-state index contributed by atoms with van der Waals surface area (Å²) in [5.41, 5.74) is 6.43. The van der Waals surface area contributed by atoms with Gasteiger partial charge in [0.1, 0.15) is 6.61 Å². The standard InChI is InChI=1S/C14H22N2O2/c1-2-6-13(12-7-4-3-5-8-12)16-14(17)11-18-10-9-15/h3-5,7-8,13H,2,6,9-11,15H2,1H3,(H,16,17). The van der Waals surface area contributed by atoms with Crippen molar-refractivity contribution in [2.45, 2.75) is 25.8 Å². The molecule has 0 heterocycles. The van der Waals surface area contributed by atoms with Crippen LogP contribution in [0.3, 0.4) is 0 Å². The number of nitrogens with two attached hydrogens (primary N) is 1. The van der Waals surface area contributed by atoms with Crippen molar-refractivity contribution < 1.29 is 9.53 Å². The number of benzene rings is 1. The number of rotatable bonds is 8. The predicted molar refractivity (Wildman–Crippen MR) is 72.1 cm³/mol. The van der Waals surface area contributed by atoms with Gasteiger partial charge in [0, 0.05) is 6.54 Å². The van der Waals surface area contributed by atoms with Crippen LogP contribution in [0.25, 0.3) is 0 Å².